The van der Waals surface area contributed by atoms with Crippen LogP contribution in [0.2, 0.25) is 0 Å². The summed E-state index contributed by atoms with van der Waals surface area (Å²) in [6.45, 7) is 6.09. The summed E-state index contributed by atoms with van der Waals surface area (Å²) in [4.78, 5) is 13.3. The van der Waals surface area contributed by atoms with Crippen molar-refractivity contribution in [2.75, 3.05) is 40.0 Å². The Kier molecular flexibility index (Phi) is 23.7. The molecule has 8 heterocycles. The smallest absolute Gasteiger partial charge is 0.475 e. The molecule has 0 radical (unpaired) electrons. The van der Waals surface area contributed by atoms with Gasteiger partial charge >= 0.3 is 25.4 Å². The highest BCUT2D eigenvalue weighted by Gasteiger charge is 2.34. The number of carbonyl (C=O) groups is 1. The Labute approximate surface area is 637 Å². The van der Waals surface area contributed by atoms with Gasteiger partial charge in [-0.3, -0.25) is 9.48 Å². The van der Waals surface area contributed by atoms with Gasteiger partial charge in [0, 0.05) is 62.6 Å². The van der Waals surface area contributed by atoms with Crippen LogP contribution in [-0.4, -0.2) is 116 Å². The molecule has 1 saturated heterocycles. The molecule has 0 saturated carbocycles. The highest BCUT2D eigenvalue weighted by atomic mass is 19.4. The van der Waals surface area contributed by atoms with Gasteiger partial charge in [-0.25, -0.2) is 0 Å². The van der Waals surface area contributed by atoms with Crippen molar-refractivity contribution in [1.29, 1.82) is 0 Å². The predicted molar refractivity (Wildman–Crippen MR) is 388 cm³/mol. The van der Waals surface area contributed by atoms with Gasteiger partial charge in [0.1, 0.15) is 42.8 Å². The molecule has 0 aliphatic carbocycles. The highest BCUT2D eigenvalue weighted by molar-refractivity contribution is 5.90. The Morgan fingerprint density at radius 3 is 1.05 bits per heavy atom. The fraction of sp³-hybridized carbons (Fsp3) is 0.200. The topological polar surface area (TPSA) is 226 Å². The summed E-state index contributed by atoms with van der Waals surface area (Å²) in [5.74, 6) is 0.504. The Balaban J connectivity index is 0.000000133. The summed E-state index contributed by atoms with van der Waals surface area (Å²) >= 11 is 0. The number of benzene rings is 8. The molecule has 0 bridgehead atoms. The maximum absolute atomic E-state index is 12.3. The van der Waals surface area contributed by atoms with Gasteiger partial charge in [-0.15, -0.1) is 52.7 Å². The molecule has 15 aromatic rings. The molecule has 1 aliphatic heterocycles. The Morgan fingerprint density at radius 2 is 0.737 bits per heavy atom. The number of alkyl halides is 12. The zero-order chi connectivity index (χ0) is 80.2. The van der Waals surface area contributed by atoms with Crippen molar-refractivity contribution in [2.24, 2.45) is 5.92 Å². The lowest BCUT2D eigenvalue weighted by Gasteiger charge is -2.10. The van der Waals surface area contributed by atoms with E-state index in [1.165, 1.54) is 60.7 Å². The first kappa shape index (κ1) is 78.6. The number of hydrogen-bond acceptors (Lipinski definition) is 18. The molecule has 1 atom stereocenters. The van der Waals surface area contributed by atoms with Crippen LogP contribution in [0.5, 0.6) is 46.5 Å². The molecule has 8 aromatic carbocycles. The van der Waals surface area contributed by atoms with Crippen LogP contribution in [0.25, 0.3) is 88.4 Å². The van der Waals surface area contributed by atoms with Gasteiger partial charge in [0.15, 0.2) is 22.3 Å². The summed E-state index contributed by atoms with van der Waals surface area (Å²) < 4.78 is 213. The van der Waals surface area contributed by atoms with Gasteiger partial charge < -0.3 is 70.0 Å². The molecule has 590 valence electrons. The van der Waals surface area contributed by atoms with Crippen LogP contribution in [-0.2, 0) is 24.4 Å². The lowest BCUT2D eigenvalue weighted by Crippen LogP contribution is -2.20. The van der Waals surface area contributed by atoms with Crippen molar-refractivity contribution in [3.63, 3.8) is 0 Å². The van der Waals surface area contributed by atoms with Crippen molar-refractivity contribution in [3.05, 3.63) is 237 Å². The summed E-state index contributed by atoms with van der Waals surface area (Å²) in [6, 6.07) is 53.6. The monoisotopic (exact) mass is 1590 g/mol. The molecule has 1 amide bonds. The molecule has 16 rings (SSSR count). The lowest BCUT2D eigenvalue weighted by atomic mass is 10.0. The van der Waals surface area contributed by atoms with E-state index in [1.54, 1.807) is 114 Å². The van der Waals surface area contributed by atoms with Gasteiger partial charge in [-0.2, -0.15) is 5.10 Å². The van der Waals surface area contributed by atoms with Crippen LogP contribution in [0.4, 0.5) is 52.7 Å². The maximum Gasteiger partial charge on any atom is 0.573 e. The van der Waals surface area contributed by atoms with E-state index in [2.05, 4.69) is 49.2 Å². The van der Waals surface area contributed by atoms with Gasteiger partial charge in [0.05, 0.1) is 47.8 Å². The van der Waals surface area contributed by atoms with Crippen molar-refractivity contribution in [3.8, 4) is 91.0 Å². The molecule has 34 heteroatoms. The molecular weight excluding hydrogens is 1520 g/mol. The fourth-order valence-electron chi connectivity index (χ4n) is 11.9. The number of likely N-dealkylation sites (tertiary alicyclic amines) is 1. The molecule has 1 unspecified atom stereocenters. The van der Waals surface area contributed by atoms with Gasteiger partial charge in [0.2, 0.25) is 5.91 Å². The summed E-state index contributed by atoms with van der Waals surface area (Å²) in [6.07, 6.45) is -9.07. The first-order valence-electron chi connectivity index (χ1n) is 34.6. The minimum atomic E-state index is -4.73. The number of carbonyl (C=O) groups excluding carboxylic acids is 1. The van der Waals surface area contributed by atoms with Crippen LogP contribution in [0.1, 0.15) is 12.1 Å². The first-order chi connectivity index (χ1) is 54.6. The van der Waals surface area contributed by atoms with Crippen molar-refractivity contribution >= 4 is 49.8 Å². The number of fused-ring (bicyclic) bond motifs is 4. The normalized spacial score (nSPS) is 13.1. The van der Waals surface area contributed by atoms with E-state index >= 15 is 0 Å². The van der Waals surface area contributed by atoms with E-state index in [9.17, 15) is 57.5 Å². The van der Waals surface area contributed by atoms with E-state index in [1.807, 2.05) is 84.8 Å². The number of hydrogen-bond donors (Lipinski definition) is 0. The molecule has 0 spiro atoms. The molecule has 22 nitrogen and oxygen atoms in total. The predicted octanol–water partition coefficient (Wildman–Crippen LogP) is 19.8. The second-order valence-electron chi connectivity index (χ2n) is 25.3. The number of aryl methyl sites for hydroxylation is 1. The number of amides is 1. The highest BCUT2D eigenvalue weighted by Crippen LogP contribution is 2.38. The average molecular weight is 1590 g/mol. The van der Waals surface area contributed by atoms with E-state index in [0.717, 1.165) is 44.6 Å². The van der Waals surface area contributed by atoms with Crippen molar-refractivity contribution in [1.82, 2.24) is 44.4 Å². The van der Waals surface area contributed by atoms with Crippen LogP contribution >= 0.6 is 0 Å². The average Bonchev–Trinajstić information content (AvgIpc) is 1.65. The van der Waals surface area contributed by atoms with Crippen LogP contribution in [0, 0.1) is 12.8 Å². The summed E-state index contributed by atoms with van der Waals surface area (Å²) in [5.41, 5.74) is 9.38. The molecule has 1 aliphatic rings. The third kappa shape index (κ3) is 21.3. The lowest BCUT2D eigenvalue weighted by molar-refractivity contribution is -0.275. The van der Waals surface area contributed by atoms with Crippen molar-refractivity contribution < 1.29 is 113 Å². The number of rotatable bonds is 23. The first-order valence-corrected chi connectivity index (χ1v) is 34.6. The number of nitrogens with zero attached hydrogens (tertiary/aromatic N) is 9. The fourth-order valence-corrected chi connectivity index (χ4v) is 11.9. The summed E-state index contributed by atoms with van der Waals surface area (Å²) in [5, 5.41) is 22.6. The van der Waals surface area contributed by atoms with Crippen molar-refractivity contribution in [2.45, 2.75) is 58.4 Å². The zero-order valence-corrected chi connectivity index (χ0v) is 59.7. The Bertz CT molecular complexity index is 5470. The Morgan fingerprint density at radius 1 is 0.395 bits per heavy atom. The minimum absolute atomic E-state index is 0.0867. The largest absolute Gasteiger partial charge is 0.573 e. The van der Waals surface area contributed by atoms with E-state index in [-0.39, 0.29) is 34.8 Å². The second kappa shape index (κ2) is 34.4. The Hall–Kier alpha value is -13.6. The van der Waals surface area contributed by atoms with E-state index in [4.69, 9.17) is 37.0 Å². The molecular formula is C80H63F12N9O13. The number of halogens is 12. The van der Waals surface area contributed by atoms with E-state index in [0.29, 0.717) is 132 Å². The second-order valence-corrected chi connectivity index (χ2v) is 25.3. The third-order valence-electron chi connectivity index (χ3n) is 17.3. The number of aromatic nitrogens is 8. The van der Waals surface area contributed by atoms with Crippen LogP contribution < -0.4 is 37.9 Å². The van der Waals surface area contributed by atoms with Gasteiger partial charge in [-0.1, -0.05) is 72.8 Å². The molecule has 0 N–H and O–H groups in total. The maximum atomic E-state index is 12.3. The minimum Gasteiger partial charge on any atom is -0.475 e. The van der Waals surface area contributed by atoms with Gasteiger partial charge in [0.25, 0.3) is 23.5 Å². The van der Waals surface area contributed by atoms with Crippen LogP contribution in [0.15, 0.2) is 249 Å². The quantitative estimate of drug-likeness (QED) is 0.0542. The standard InChI is InChI=1S/C21H17F3N2O3.C20H17F3N2O4.C20H15F3N2O3.C19H14F3N3O3/c1-14-3-2-10-26(14)11-12-27-20-18-13-16(6-9-19(18)29-25-20)15-4-7-17(8-5-15)28-21(22,23)24;1-25-10-12(8-18(25)26)11-27-19-16-9-14(4-7-17(16)29-24-19)13-2-5-15(6-3-13)28-20(21,22)23;21-20(22,23)27-16-6-3-14(4-7-16)15-5-8-18-17(13-15)19(24-28-18)26-12-11-25-9-1-2-10-25;20-19(21,22)27-15-5-2-13(3-6-15)14-4-7-17-16(12-14)18(24-28-17)26-11-10-25-9-1-8-23-25/h2-10,13H,11-12H2,1H3;2-7,9,12H,8,10-11H2,1H3;1-10,13H,11-12H2;1-9,12H,10-11H2. The SMILES string of the molecule is CN1CC(COc2noc3ccc(-c4ccc(OC(F)(F)F)cc4)cc23)CC1=O.Cc1cccn1CCOc1noc2ccc(-c3ccc(OC(F)(F)F)cc3)cc12.FC(F)(F)Oc1ccc(-c2ccc3onc(OCCn4cccc4)c3c2)cc1.FC(F)(F)Oc1ccc(-c2ccc3onc(OCCn4cccn4)c3c2)cc1. The van der Waals surface area contributed by atoms with E-state index < -0.39 is 25.4 Å². The number of ether oxygens (including phenoxy) is 8. The summed E-state index contributed by atoms with van der Waals surface area (Å²) in [7, 11) is 1.76. The van der Waals surface area contributed by atoms with Gasteiger partial charge in [-0.05, 0) is 199 Å². The zero-order valence-electron chi connectivity index (χ0n) is 59.7. The van der Waals surface area contributed by atoms with Crippen LogP contribution in [0.3, 0.4) is 0 Å². The molecule has 1 fully saturated rings. The molecule has 7 aromatic heterocycles. The third-order valence-corrected chi connectivity index (χ3v) is 17.3. The molecule has 114 heavy (non-hydrogen) atoms.